The summed E-state index contributed by atoms with van der Waals surface area (Å²) in [6, 6.07) is 19.4. The lowest BCUT2D eigenvalue weighted by molar-refractivity contribution is -0.147. The highest BCUT2D eigenvalue weighted by atomic mass is 16.5. The van der Waals surface area contributed by atoms with Crippen molar-refractivity contribution in [3.8, 4) is 5.75 Å². The predicted molar refractivity (Wildman–Crippen MR) is 157 cm³/mol. The number of carbonyl (C=O) groups excluding carboxylic acids is 1. The molecule has 0 aliphatic carbocycles. The molecule has 0 aromatic heterocycles. The van der Waals surface area contributed by atoms with E-state index < -0.39 is 0 Å². The highest BCUT2D eigenvalue weighted by Crippen LogP contribution is 2.30. The van der Waals surface area contributed by atoms with Gasteiger partial charge in [-0.25, -0.2) is 0 Å². The quantitative estimate of drug-likeness (QED) is 0.0925. The lowest BCUT2D eigenvalue weighted by Crippen LogP contribution is -2.10. The van der Waals surface area contributed by atoms with Crippen molar-refractivity contribution in [2.45, 2.75) is 116 Å². The number of fused-ring (bicyclic) bond motifs is 2. The van der Waals surface area contributed by atoms with E-state index in [-0.39, 0.29) is 12.1 Å². The number of carbonyl (C=O) groups is 1. The Morgan fingerprint density at radius 2 is 1.14 bits per heavy atom. The number of esters is 1. The van der Waals surface area contributed by atoms with Gasteiger partial charge in [0.15, 0.2) is 0 Å². The number of hydrogen-bond donors (Lipinski definition) is 0. The Kier molecular flexibility index (Phi) is 13.4. The minimum absolute atomic E-state index is 0.00960. The second-order valence-electron chi connectivity index (χ2n) is 10.8. The van der Waals surface area contributed by atoms with Gasteiger partial charge in [0.05, 0.1) is 12.7 Å². The van der Waals surface area contributed by atoms with E-state index in [4.69, 9.17) is 9.47 Å². The highest BCUT2D eigenvalue weighted by Gasteiger charge is 2.05. The van der Waals surface area contributed by atoms with Crippen LogP contribution in [0.5, 0.6) is 5.75 Å². The molecule has 0 aliphatic heterocycles. The van der Waals surface area contributed by atoms with E-state index in [9.17, 15) is 4.79 Å². The Morgan fingerprint density at radius 1 is 0.622 bits per heavy atom. The fraction of sp³-hybridized carbons (Fsp3) is 0.559. The second-order valence-corrected chi connectivity index (χ2v) is 10.8. The zero-order valence-corrected chi connectivity index (χ0v) is 23.3. The van der Waals surface area contributed by atoms with Crippen molar-refractivity contribution < 1.29 is 14.3 Å². The van der Waals surface area contributed by atoms with E-state index >= 15 is 0 Å². The van der Waals surface area contributed by atoms with Crippen molar-refractivity contribution in [3.63, 3.8) is 0 Å². The predicted octanol–water partition coefficient (Wildman–Crippen LogP) is 10.2. The van der Waals surface area contributed by atoms with Crippen LogP contribution in [0, 0.1) is 0 Å². The average molecular weight is 505 g/mol. The number of unbranched alkanes of at least 4 members (excludes halogenated alkanes) is 13. The minimum Gasteiger partial charge on any atom is -0.493 e. The van der Waals surface area contributed by atoms with Crippen molar-refractivity contribution in [3.05, 3.63) is 54.6 Å². The third-order valence-corrected chi connectivity index (χ3v) is 7.11. The SMILES string of the molecule is CC(C)OC(=O)CCCCCCCCCCCCCCCCOc1cccc2cc3ccccc3cc12. The molecule has 3 heteroatoms. The zero-order chi connectivity index (χ0) is 26.1. The normalized spacial score (nSPS) is 11.4. The van der Waals surface area contributed by atoms with E-state index in [2.05, 4.69) is 54.6 Å². The number of rotatable bonds is 19. The molecule has 3 aromatic rings. The van der Waals surface area contributed by atoms with Gasteiger partial charge in [-0.2, -0.15) is 0 Å². The second kappa shape index (κ2) is 17.1. The van der Waals surface area contributed by atoms with Crippen molar-refractivity contribution in [1.82, 2.24) is 0 Å². The molecule has 0 fully saturated rings. The summed E-state index contributed by atoms with van der Waals surface area (Å²) >= 11 is 0. The molecule has 0 atom stereocenters. The maximum Gasteiger partial charge on any atom is 0.306 e. The molecule has 37 heavy (non-hydrogen) atoms. The first-order chi connectivity index (χ1) is 18.1. The first-order valence-electron chi connectivity index (χ1n) is 14.9. The van der Waals surface area contributed by atoms with Gasteiger partial charge in [0.2, 0.25) is 0 Å². The van der Waals surface area contributed by atoms with Gasteiger partial charge in [-0.1, -0.05) is 113 Å². The summed E-state index contributed by atoms with van der Waals surface area (Å²) in [5.41, 5.74) is 0. The third kappa shape index (κ3) is 11.2. The first kappa shape index (κ1) is 29.0. The summed E-state index contributed by atoms with van der Waals surface area (Å²) in [6.45, 7) is 4.61. The van der Waals surface area contributed by atoms with E-state index in [0.717, 1.165) is 31.6 Å². The van der Waals surface area contributed by atoms with Crippen molar-refractivity contribution >= 4 is 27.5 Å². The zero-order valence-electron chi connectivity index (χ0n) is 23.3. The van der Waals surface area contributed by atoms with Crippen LogP contribution in [0.2, 0.25) is 0 Å². The summed E-state index contributed by atoms with van der Waals surface area (Å²) in [5, 5.41) is 5.01. The smallest absolute Gasteiger partial charge is 0.306 e. The Labute approximate surface area is 224 Å². The summed E-state index contributed by atoms with van der Waals surface area (Å²) in [6.07, 6.45) is 18.5. The molecule has 0 aliphatic rings. The van der Waals surface area contributed by atoms with Crippen LogP contribution in [0.4, 0.5) is 0 Å². The summed E-state index contributed by atoms with van der Waals surface area (Å²) < 4.78 is 11.4. The third-order valence-electron chi connectivity index (χ3n) is 7.11. The minimum atomic E-state index is -0.0434. The maximum absolute atomic E-state index is 11.5. The first-order valence-corrected chi connectivity index (χ1v) is 14.9. The van der Waals surface area contributed by atoms with E-state index in [0.29, 0.717) is 6.42 Å². The van der Waals surface area contributed by atoms with E-state index in [1.165, 1.54) is 92.2 Å². The van der Waals surface area contributed by atoms with Crippen LogP contribution < -0.4 is 4.74 Å². The topological polar surface area (TPSA) is 35.5 Å². The van der Waals surface area contributed by atoms with Crippen LogP contribution in [0.1, 0.15) is 110 Å². The average Bonchev–Trinajstić information content (AvgIpc) is 2.89. The molecule has 0 saturated carbocycles. The summed E-state index contributed by atoms with van der Waals surface area (Å²) in [7, 11) is 0. The molecule has 3 rings (SSSR count). The van der Waals surface area contributed by atoms with Gasteiger partial charge in [-0.15, -0.1) is 0 Å². The molecule has 0 spiro atoms. The van der Waals surface area contributed by atoms with Gasteiger partial charge in [-0.05, 0) is 61.0 Å². The van der Waals surface area contributed by atoms with Gasteiger partial charge in [0.1, 0.15) is 5.75 Å². The molecule has 3 aromatic carbocycles. The Balaban J connectivity index is 1.13. The molecule has 0 radical (unpaired) electrons. The van der Waals surface area contributed by atoms with Crippen molar-refractivity contribution in [1.29, 1.82) is 0 Å². The van der Waals surface area contributed by atoms with E-state index in [1.54, 1.807) is 0 Å². The van der Waals surface area contributed by atoms with Crippen LogP contribution in [-0.2, 0) is 9.53 Å². The van der Waals surface area contributed by atoms with Gasteiger partial charge in [0, 0.05) is 11.8 Å². The molecular weight excluding hydrogens is 456 g/mol. The molecule has 202 valence electrons. The number of hydrogen-bond acceptors (Lipinski definition) is 3. The van der Waals surface area contributed by atoms with Gasteiger partial charge >= 0.3 is 5.97 Å². The Bertz CT molecular complexity index is 1060. The molecule has 0 saturated heterocycles. The maximum atomic E-state index is 11.5. The summed E-state index contributed by atoms with van der Waals surface area (Å²) in [4.78, 5) is 11.5. The van der Waals surface area contributed by atoms with Crippen molar-refractivity contribution in [2.24, 2.45) is 0 Å². The molecule has 0 heterocycles. The molecule has 0 unspecified atom stereocenters. The van der Waals surface area contributed by atoms with Crippen LogP contribution in [0.15, 0.2) is 54.6 Å². The standard InChI is InChI=1S/C34H48O3/c1-28(2)37-34(35)24-15-13-11-9-7-5-3-4-6-8-10-12-14-18-25-36-33-23-19-22-31-26-29-20-16-17-21-30(29)27-32(31)33/h16-17,19-23,26-28H,3-15,18,24-25H2,1-2H3. The number of ether oxygens (including phenoxy) is 2. The molecule has 0 N–H and O–H groups in total. The Morgan fingerprint density at radius 3 is 1.73 bits per heavy atom. The van der Waals surface area contributed by atoms with Crippen LogP contribution in [-0.4, -0.2) is 18.7 Å². The van der Waals surface area contributed by atoms with Crippen LogP contribution in [0.25, 0.3) is 21.5 Å². The summed E-state index contributed by atoms with van der Waals surface area (Å²) in [5.74, 6) is 0.966. The van der Waals surface area contributed by atoms with Gasteiger partial charge < -0.3 is 9.47 Å². The van der Waals surface area contributed by atoms with Crippen LogP contribution >= 0.6 is 0 Å². The number of benzene rings is 3. The monoisotopic (exact) mass is 504 g/mol. The molecule has 3 nitrogen and oxygen atoms in total. The highest BCUT2D eigenvalue weighted by molar-refractivity contribution is 6.00. The lowest BCUT2D eigenvalue weighted by atomic mass is 10.0. The lowest BCUT2D eigenvalue weighted by Gasteiger charge is -2.10. The largest absolute Gasteiger partial charge is 0.493 e. The molecule has 0 bridgehead atoms. The Hall–Kier alpha value is -2.55. The molecular formula is C34H48O3. The fourth-order valence-corrected chi connectivity index (χ4v) is 5.06. The molecule has 0 amide bonds. The van der Waals surface area contributed by atoms with E-state index in [1.807, 2.05) is 13.8 Å². The van der Waals surface area contributed by atoms with Gasteiger partial charge in [-0.3, -0.25) is 4.79 Å². The van der Waals surface area contributed by atoms with Gasteiger partial charge in [0.25, 0.3) is 0 Å². The fourth-order valence-electron chi connectivity index (χ4n) is 5.06. The van der Waals surface area contributed by atoms with Crippen LogP contribution in [0.3, 0.4) is 0 Å². The van der Waals surface area contributed by atoms with Crippen molar-refractivity contribution in [2.75, 3.05) is 6.61 Å².